The molecular weight excluding hydrogens is 204 g/mol. The Morgan fingerprint density at radius 1 is 1.44 bits per heavy atom. The number of amides is 1. The maximum atomic E-state index is 11.6. The van der Waals surface area contributed by atoms with E-state index in [-0.39, 0.29) is 5.91 Å². The zero-order valence-corrected chi connectivity index (χ0v) is 8.92. The molecule has 0 bridgehead atoms. The van der Waals surface area contributed by atoms with Gasteiger partial charge in [-0.05, 0) is 18.2 Å². The van der Waals surface area contributed by atoms with Crippen molar-refractivity contribution in [2.24, 2.45) is 7.05 Å². The van der Waals surface area contributed by atoms with Gasteiger partial charge in [0.15, 0.2) is 0 Å². The summed E-state index contributed by atoms with van der Waals surface area (Å²) >= 11 is 0. The number of hydrogen-bond donors (Lipinski definition) is 1. The monoisotopic (exact) mass is 216 g/mol. The molecule has 5 heteroatoms. The molecule has 0 aliphatic heterocycles. The second-order valence-electron chi connectivity index (χ2n) is 3.38. The summed E-state index contributed by atoms with van der Waals surface area (Å²) in [5.41, 5.74) is 1.24. The van der Waals surface area contributed by atoms with Crippen LogP contribution in [-0.2, 0) is 13.6 Å². The quantitative estimate of drug-likeness (QED) is 0.823. The number of nitrogens with zero attached hydrogens (tertiary/aromatic N) is 3. The van der Waals surface area contributed by atoms with E-state index in [1.54, 1.807) is 30.2 Å². The number of rotatable bonds is 3. The van der Waals surface area contributed by atoms with Gasteiger partial charge in [-0.25, -0.2) is 0 Å². The summed E-state index contributed by atoms with van der Waals surface area (Å²) in [6.45, 7) is 0.413. The molecule has 2 aromatic rings. The maximum absolute atomic E-state index is 11.6. The third kappa shape index (κ3) is 2.44. The highest BCUT2D eigenvalue weighted by molar-refractivity contribution is 5.92. The van der Waals surface area contributed by atoms with Crippen molar-refractivity contribution in [2.45, 2.75) is 6.54 Å². The van der Waals surface area contributed by atoms with E-state index < -0.39 is 0 Å². The smallest absolute Gasteiger partial charge is 0.272 e. The molecule has 82 valence electrons. The van der Waals surface area contributed by atoms with Crippen molar-refractivity contribution >= 4 is 5.91 Å². The van der Waals surface area contributed by atoms with Gasteiger partial charge in [0.1, 0.15) is 5.69 Å². The number of aryl methyl sites for hydroxylation is 1. The topological polar surface area (TPSA) is 59.8 Å². The molecular formula is C11H12N4O. The lowest BCUT2D eigenvalue weighted by Gasteiger charge is -2.01. The molecule has 0 saturated carbocycles. The summed E-state index contributed by atoms with van der Waals surface area (Å²) in [6, 6.07) is 7.26. The molecule has 0 aliphatic carbocycles. The normalized spacial score (nSPS) is 10.1. The molecule has 0 aliphatic rings. The summed E-state index contributed by atoms with van der Waals surface area (Å²) in [6.07, 6.45) is 3.43. The fourth-order valence-electron chi connectivity index (χ4n) is 1.30. The van der Waals surface area contributed by atoms with Crippen LogP contribution in [0.2, 0.25) is 0 Å². The van der Waals surface area contributed by atoms with E-state index >= 15 is 0 Å². The Morgan fingerprint density at radius 2 is 2.31 bits per heavy atom. The van der Waals surface area contributed by atoms with Gasteiger partial charge in [-0.2, -0.15) is 5.10 Å². The van der Waals surface area contributed by atoms with Gasteiger partial charge in [0.25, 0.3) is 5.91 Å². The highest BCUT2D eigenvalue weighted by Gasteiger charge is 2.07. The van der Waals surface area contributed by atoms with Crippen molar-refractivity contribution in [1.29, 1.82) is 0 Å². The summed E-state index contributed by atoms with van der Waals surface area (Å²) < 4.78 is 1.59. The second kappa shape index (κ2) is 4.57. The van der Waals surface area contributed by atoms with Gasteiger partial charge in [-0.1, -0.05) is 6.07 Å². The number of nitrogens with one attached hydrogen (secondary N) is 1. The lowest BCUT2D eigenvalue weighted by molar-refractivity contribution is 0.0944. The van der Waals surface area contributed by atoms with E-state index in [0.29, 0.717) is 12.2 Å². The van der Waals surface area contributed by atoms with Crippen LogP contribution in [0.3, 0.4) is 0 Å². The zero-order chi connectivity index (χ0) is 11.4. The van der Waals surface area contributed by atoms with Crippen LogP contribution in [0.5, 0.6) is 0 Å². The summed E-state index contributed by atoms with van der Waals surface area (Å²) in [5.74, 6) is -0.189. The highest BCUT2D eigenvalue weighted by Crippen LogP contribution is 1.96. The predicted octanol–water partition coefficient (Wildman–Crippen LogP) is 0.745. The van der Waals surface area contributed by atoms with Crippen LogP contribution < -0.4 is 5.32 Å². The zero-order valence-electron chi connectivity index (χ0n) is 8.92. The van der Waals surface area contributed by atoms with Gasteiger partial charge in [0, 0.05) is 19.4 Å². The van der Waals surface area contributed by atoms with Crippen LogP contribution in [0.15, 0.2) is 36.7 Å². The van der Waals surface area contributed by atoms with Gasteiger partial charge >= 0.3 is 0 Å². The Labute approximate surface area is 93.1 Å². The SMILES string of the molecule is Cn1ccc(C(=O)NCc2ccccn2)n1. The number of carbonyl (C=O) groups is 1. The minimum atomic E-state index is -0.189. The molecule has 5 nitrogen and oxygen atoms in total. The van der Waals surface area contributed by atoms with Gasteiger partial charge < -0.3 is 5.32 Å². The molecule has 2 rings (SSSR count). The van der Waals surface area contributed by atoms with Crippen molar-refractivity contribution in [1.82, 2.24) is 20.1 Å². The number of carbonyl (C=O) groups excluding carboxylic acids is 1. The average molecular weight is 216 g/mol. The van der Waals surface area contributed by atoms with Crippen molar-refractivity contribution in [3.63, 3.8) is 0 Å². The molecule has 1 N–H and O–H groups in total. The minimum absolute atomic E-state index is 0.189. The van der Waals surface area contributed by atoms with E-state index in [4.69, 9.17) is 0 Å². The molecule has 16 heavy (non-hydrogen) atoms. The van der Waals surface area contributed by atoms with E-state index in [1.165, 1.54) is 0 Å². The van der Waals surface area contributed by atoms with E-state index in [2.05, 4.69) is 15.4 Å². The first-order chi connectivity index (χ1) is 7.75. The Kier molecular flexibility index (Phi) is 2.95. The summed E-state index contributed by atoms with van der Waals surface area (Å²) in [5, 5.41) is 6.76. The molecule has 1 amide bonds. The van der Waals surface area contributed by atoms with Crippen LogP contribution in [-0.4, -0.2) is 20.7 Å². The number of hydrogen-bond acceptors (Lipinski definition) is 3. The third-order valence-corrected chi connectivity index (χ3v) is 2.10. The fraction of sp³-hybridized carbons (Fsp3) is 0.182. The van der Waals surface area contributed by atoms with Crippen molar-refractivity contribution < 1.29 is 4.79 Å². The molecule has 0 aromatic carbocycles. The van der Waals surface area contributed by atoms with E-state index in [1.807, 2.05) is 18.2 Å². The average Bonchev–Trinajstić information content (AvgIpc) is 2.74. The first kappa shape index (κ1) is 10.4. The van der Waals surface area contributed by atoms with E-state index in [9.17, 15) is 4.79 Å². The number of pyridine rings is 1. The fourth-order valence-corrected chi connectivity index (χ4v) is 1.30. The molecule has 2 aromatic heterocycles. The Hall–Kier alpha value is -2.17. The molecule has 0 unspecified atom stereocenters. The van der Waals surface area contributed by atoms with Gasteiger partial charge in [-0.3, -0.25) is 14.5 Å². The largest absolute Gasteiger partial charge is 0.345 e. The lowest BCUT2D eigenvalue weighted by atomic mass is 10.3. The standard InChI is InChI=1S/C11H12N4O/c1-15-7-5-10(14-15)11(16)13-8-9-4-2-3-6-12-9/h2-7H,8H2,1H3,(H,13,16). The first-order valence-corrected chi connectivity index (χ1v) is 4.93. The predicted molar refractivity (Wildman–Crippen MR) is 58.6 cm³/mol. The molecule has 0 fully saturated rings. The molecule has 0 atom stereocenters. The molecule has 0 radical (unpaired) electrons. The minimum Gasteiger partial charge on any atom is -0.345 e. The summed E-state index contributed by atoms with van der Waals surface area (Å²) in [7, 11) is 1.77. The Bertz CT molecular complexity index is 478. The lowest BCUT2D eigenvalue weighted by Crippen LogP contribution is -2.23. The van der Waals surface area contributed by atoms with Crippen molar-refractivity contribution in [2.75, 3.05) is 0 Å². The second-order valence-corrected chi connectivity index (χ2v) is 3.38. The number of aromatic nitrogens is 3. The van der Waals surface area contributed by atoms with Gasteiger partial charge in [0.2, 0.25) is 0 Å². The van der Waals surface area contributed by atoms with E-state index in [0.717, 1.165) is 5.69 Å². The molecule has 0 saturated heterocycles. The van der Waals surface area contributed by atoms with Crippen molar-refractivity contribution in [3.05, 3.63) is 48.0 Å². The van der Waals surface area contributed by atoms with Crippen LogP contribution >= 0.6 is 0 Å². The Balaban J connectivity index is 1.94. The first-order valence-electron chi connectivity index (χ1n) is 4.93. The van der Waals surface area contributed by atoms with Crippen LogP contribution in [0.25, 0.3) is 0 Å². The van der Waals surface area contributed by atoms with Crippen LogP contribution in [0, 0.1) is 0 Å². The third-order valence-electron chi connectivity index (χ3n) is 2.10. The van der Waals surface area contributed by atoms with Crippen LogP contribution in [0.1, 0.15) is 16.2 Å². The molecule has 0 spiro atoms. The highest BCUT2D eigenvalue weighted by atomic mass is 16.1. The van der Waals surface area contributed by atoms with Crippen molar-refractivity contribution in [3.8, 4) is 0 Å². The van der Waals surface area contributed by atoms with Gasteiger partial charge in [-0.15, -0.1) is 0 Å². The van der Waals surface area contributed by atoms with Crippen LogP contribution in [0.4, 0.5) is 0 Å². The Morgan fingerprint density at radius 3 is 2.94 bits per heavy atom. The molecule has 2 heterocycles. The van der Waals surface area contributed by atoms with Gasteiger partial charge in [0.05, 0.1) is 12.2 Å². The maximum Gasteiger partial charge on any atom is 0.272 e. The summed E-state index contributed by atoms with van der Waals surface area (Å²) in [4.78, 5) is 15.7.